The van der Waals surface area contributed by atoms with E-state index in [1.165, 1.54) is 11.0 Å². The predicted octanol–water partition coefficient (Wildman–Crippen LogP) is 2.41. The highest BCUT2D eigenvalue weighted by Crippen LogP contribution is 2.35. The Morgan fingerprint density at radius 1 is 1.33 bits per heavy atom. The number of nitrogens with zero attached hydrogens (tertiary/aromatic N) is 3. The molecular weight excluding hydrogens is 323 g/mol. The van der Waals surface area contributed by atoms with Gasteiger partial charge in [0.15, 0.2) is 5.69 Å². The van der Waals surface area contributed by atoms with Crippen LogP contribution in [0.15, 0.2) is 30.5 Å². The minimum absolute atomic E-state index is 0.0334. The third-order valence-corrected chi connectivity index (χ3v) is 4.06. The second-order valence-corrected chi connectivity index (χ2v) is 5.80. The van der Waals surface area contributed by atoms with Crippen LogP contribution in [0.3, 0.4) is 0 Å². The maximum absolute atomic E-state index is 13.6. The number of alkyl halides is 3. The molecule has 1 N–H and O–H groups in total. The summed E-state index contributed by atoms with van der Waals surface area (Å²) >= 11 is 0. The molecule has 1 aliphatic rings. The van der Waals surface area contributed by atoms with Crippen LogP contribution in [-0.4, -0.2) is 44.9 Å². The van der Waals surface area contributed by atoms with Crippen LogP contribution in [0, 0.1) is 6.92 Å². The summed E-state index contributed by atoms with van der Waals surface area (Å²) in [6, 6.07) is 6.52. The van der Waals surface area contributed by atoms with Crippen molar-refractivity contribution in [2.24, 2.45) is 0 Å². The van der Waals surface area contributed by atoms with Gasteiger partial charge >= 0.3 is 6.18 Å². The number of β-amino-alcohol motifs (C(OH)–C–C–N with tert-alkyl or cyclic N) is 1. The van der Waals surface area contributed by atoms with Crippen molar-refractivity contribution in [1.29, 1.82) is 0 Å². The lowest BCUT2D eigenvalue weighted by atomic mass is 10.1. The summed E-state index contributed by atoms with van der Waals surface area (Å²) in [4.78, 5) is 13.7. The number of aliphatic hydroxyl groups excluding tert-OH is 1. The van der Waals surface area contributed by atoms with Gasteiger partial charge in [0.05, 0.1) is 23.6 Å². The Kier molecular flexibility index (Phi) is 4.08. The summed E-state index contributed by atoms with van der Waals surface area (Å²) in [5.41, 5.74) is -0.713. The van der Waals surface area contributed by atoms with Gasteiger partial charge < -0.3 is 10.0 Å². The molecule has 1 aromatic carbocycles. The molecule has 1 saturated heterocycles. The average Bonchev–Trinajstić information content (AvgIpc) is 3.13. The lowest BCUT2D eigenvalue weighted by Crippen LogP contribution is -2.31. The summed E-state index contributed by atoms with van der Waals surface area (Å²) in [5, 5.41) is 13.3. The maximum Gasteiger partial charge on any atom is 0.434 e. The monoisotopic (exact) mass is 339 g/mol. The molecule has 8 heteroatoms. The zero-order valence-electron chi connectivity index (χ0n) is 12.9. The first-order valence-electron chi connectivity index (χ1n) is 7.47. The highest BCUT2D eigenvalue weighted by atomic mass is 19.4. The van der Waals surface area contributed by atoms with Gasteiger partial charge in [-0.2, -0.15) is 18.3 Å². The van der Waals surface area contributed by atoms with Gasteiger partial charge in [-0.15, -0.1) is 0 Å². The fourth-order valence-electron chi connectivity index (χ4n) is 2.86. The lowest BCUT2D eigenvalue weighted by Gasteiger charge is -2.18. The molecule has 0 spiro atoms. The predicted molar refractivity (Wildman–Crippen MR) is 79.8 cm³/mol. The van der Waals surface area contributed by atoms with Crippen molar-refractivity contribution < 1.29 is 23.1 Å². The van der Waals surface area contributed by atoms with Gasteiger partial charge in [-0.05, 0) is 25.0 Å². The van der Waals surface area contributed by atoms with E-state index in [9.17, 15) is 23.1 Å². The Bertz CT molecular complexity index is 770. The van der Waals surface area contributed by atoms with Crippen molar-refractivity contribution in [2.75, 3.05) is 13.1 Å². The molecule has 3 rings (SSSR count). The summed E-state index contributed by atoms with van der Waals surface area (Å²) in [6.07, 6.45) is -4.13. The minimum Gasteiger partial charge on any atom is -0.391 e. The second kappa shape index (κ2) is 5.94. The maximum atomic E-state index is 13.6. The molecule has 0 aliphatic carbocycles. The molecule has 0 radical (unpaired) electrons. The number of hydrogen-bond acceptors (Lipinski definition) is 3. The summed E-state index contributed by atoms with van der Waals surface area (Å²) < 4.78 is 41.6. The molecule has 128 valence electrons. The van der Waals surface area contributed by atoms with Crippen LogP contribution in [0.5, 0.6) is 0 Å². The van der Waals surface area contributed by atoms with E-state index in [1.54, 1.807) is 25.1 Å². The number of carbonyl (C=O) groups excluding carboxylic acids is 1. The van der Waals surface area contributed by atoms with E-state index < -0.39 is 29.4 Å². The molecule has 0 saturated carbocycles. The van der Waals surface area contributed by atoms with Crippen LogP contribution in [-0.2, 0) is 6.18 Å². The van der Waals surface area contributed by atoms with E-state index in [1.807, 2.05) is 0 Å². The van der Waals surface area contributed by atoms with Crippen LogP contribution in [0.4, 0.5) is 13.2 Å². The first-order chi connectivity index (χ1) is 11.3. The standard InChI is InChI=1S/C16H16F3N3O2/c1-10-4-2-3-5-13(10)22-14(16(17,18)19)12(8-20-22)15(24)21-7-6-11(23)9-21/h2-5,8,11,23H,6-7,9H2,1H3/t11-/m1/s1. The molecule has 5 nitrogen and oxygen atoms in total. The highest BCUT2D eigenvalue weighted by Gasteiger charge is 2.42. The third-order valence-electron chi connectivity index (χ3n) is 4.06. The van der Waals surface area contributed by atoms with E-state index in [0.717, 1.165) is 10.9 Å². The molecule has 0 bridgehead atoms. The van der Waals surface area contributed by atoms with Crippen LogP contribution < -0.4 is 0 Å². The minimum atomic E-state index is -4.73. The van der Waals surface area contributed by atoms with Gasteiger partial charge in [0.2, 0.25) is 0 Å². The Hall–Kier alpha value is -2.35. The van der Waals surface area contributed by atoms with Crippen LogP contribution in [0.25, 0.3) is 5.69 Å². The van der Waals surface area contributed by atoms with Crippen molar-refractivity contribution in [3.63, 3.8) is 0 Å². The highest BCUT2D eigenvalue weighted by molar-refractivity contribution is 5.95. The summed E-state index contributed by atoms with van der Waals surface area (Å²) in [6.45, 7) is 1.94. The molecule has 1 fully saturated rings. The van der Waals surface area contributed by atoms with Crippen molar-refractivity contribution in [3.05, 3.63) is 47.3 Å². The van der Waals surface area contributed by atoms with Gasteiger partial charge in [0, 0.05) is 13.1 Å². The number of carbonyl (C=O) groups is 1. The molecule has 1 aromatic heterocycles. The molecule has 1 atom stereocenters. The van der Waals surface area contributed by atoms with Gasteiger partial charge in [-0.3, -0.25) is 4.79 Å². The van der Waals surface area contributed by atoms with E-state index in [-0.39, 0.29) is 18.8 Å². The average molecular weight is 339 g/mol. The zero-order chi connectivity index (χ0) is 17.5. The van der Waals surface area contributed by atoms with Gasteiger partial charge in [-0.1, -0.05) is 18.2 Å². The number of halogens is 3. The second-order valence-electron chi connectivity index (χ2n) is 5.80. The smallest absolute Gasteiger partial charge is 0.391 e. The number of aryl methyl sites for hydroxylation is 1. The number of hydrogen-bond donors (Lipinski definition) is 1. The Morgan fingerprint density at radius 3 is 2.62 bits per heavy atom. The van der Waals surface area contributed by atoms with Crippen LogP contribution in [0.1, 0.15) is 28.0 Å². The topological polar surface area (TPSA) is 58.4 Å². The van der Waals surface area contributed by atoms with E-state index in [4.69, 9.17) is 0 Å². The normalized spacial score (nSPS) is 18.2. The molecule has 0 unspecified atom stereocenters. The van der Waals surface area contributed by atoms with Crippen molar-refractivity contribution in [3.8, 4) is 5.69 Å². The quantitative estimate of drug-likeness (QED) is 0.914. The van der Waals surface area contributed by atoms with Gasteiger partial charge in [0.25, 0.3) is 5.91 Å². The van der Waals surface area contributed by atoms with Crippen molar-refractivity contribution in [1.82, 2.24) is 14.7 Å². The molecule has 24 heavy (non-hydrogen) atoms. The Labute approximate surface area is 136 Å². The number of benzene rings is 1. The van der Waals surface area contributed by atoms with Crippen LogP contribution >= 0.6 is 0 Å². The zero-order valence-corrected chi connectivity index (χ0v) is 12.9. The fourth-order valence-corrected chi connectivity index (χ4v) is 2.86. The number of amides is 1. The molecule has 2 aromatic rings. The first kappa shape index (κ1) is 16.5. The summed E-state index contributed by atoms with van der Waals surface area (Å²) in [5.74, 6) is -0.765. The number of likely N-dealkylation sites (tertiary alicyclic amines) is 1. The fraction of sp³-hybridized carbons (Fsp3) is 0.375. The van der Waals surface area contributed by atoms with E-state index in [2.05, 4.69) is 5.10 Å². The van der Waals surface area contributed by atoms with Crippen LogP contribution in [0.2, 0.25) is 0 Å². The summed E-state index contributed by atoms with van der Waals surface area (Å²) in [7, 11) is 0. The molecule has 1 amide bonds. The third kappa shape index (κ3) is 2.89. The van der Waals surface area contributed by atoms with Gasteiger partial charge in [-0.25, -0.2) is 4.68 Å². The Balaban J connectivity index is 2.09. The first-order valence-corrected chi connectivity index (χ1v) is 7.47. The number of aliphatic hydroxyl groups is 1. The lowest BCUT2D eigenvalue weighted by molar-refractivity contribution is -0.143. The van der Waals surface area contributed by atoms with Gasteiger partial charge in [0.1, 0.15) is 0 Å². The Morgan fingerprint density at radius 2 is 2.04 bits per heavy atom. The molecule has 1 aliphatic heterocycles. The number of para-hydroxylation sites is 1. The largest absolute Gasteiger partial charge is 0.434 e. The van der Waals surface area contributed by atoms with Crippen molar-refractivity contribution in [2.45, 2.75) is 25.6 Å². The number of aromatic nitrogens is 2. The number of rotatable bonds is 2. The van der Waals surface area contributed by atoms with E-state index >= 15 is 0 Å². The van der Waals surface area contributed by atoms with E-state index in [0.29, 0.717) is 12.0 Å². The van der Waals surface area contributed by atoms with Crippen molar-refractivity contribution >= 4 is 5.91 Å². The SMILES string of the molecule is Cc1ccccc1-n1ncc(C(=O)N2CC[C@@H](O)C2)c1C(F)(F)F. The molecular formula is C16H16F3N3O2. The molecule has 2 heterocycles.